The largest absolute Gasteiger partial charge is 0.508 e. The molecule has 0 atom stereocenters. The lowest BCUT2D eigenvalue weighted by atomic mass is 10.0. The zero-order valence-corrected chi connectivity index (χ0v) is 17.2. The zero-order chi connectivity index (χ0) is 21.1. The average Bonchev–Trinajstić information content (AvgIpc) is 3.06. The zero-order valence-electron chi connectivity index (χ0n) is 17.2. The number of ketones is 1. The lowest BCUT2D eigenvalue weighted by Crippen LogP contribution is -2.06. The fourth-order valence-corrected chi connectivity index (χ4v) is 3.98. The molecular formula is C27H25NO2. The molecule has 0 aliphatic rings. The number of phenols is 1. The van der Waals surface area contributed by atoms with Crippen LogP contribution in [-0.2, 0) is 6.54 Å². The van der Waals surface area contributed by atoms with Crippen LogP contribution in [0.5, 0.6) is 5.75 Å². The molecule has 0 saturated carbocycles. The van der Waals surface area contributed by atoms with Gasteiger partial charge in [0.2, 0.25) is 0 Å². The van der Waals surface area contributed by atoms with Crippen molar-refractivity contribution < 1.29 is 9.90 Å². The second-order valence-electron chi connectivity index (χ2n) is 7.79. The SMILES string of the molecule is CC(C)c1c(C=CC(=O)c2ccccc2)c2cc(O)ccc2n1Cc1ccccc1. The van der Waals surface area contributed by atoms with Gasteiger partial charge in [-0.25, -0.2) is 0 Å². The van der Waals surface area contributed by atoms with Gasteiger partial charge < -0.3 is 9.67 Å². The fraction of sp³-hybridized carbons (Fsp3) is 0.148. The summed E-state index contributed by atoms with van der Waals surface area (Å²) in [5.41, 5.74) is 5.05. The molecule has 0 amide bonds. The van der Waals surface area contributed by atoms with Crippen molar-refractivity contribution in [2.75, 3.05) is 0 Å². The van der Waals surface area contributed by atoms with Crippen molar-refractivity contribution in [1.29, 1.82) is 0 Å². The van der Waals surface area contributed by atoms with Crippen LogP contribution >= 0.6 is 0 Å². The average molecular weight is 396 g/mol. The number of aromatic nitrogens is 1. The van der Waals surface area contributed by atoms with E-state index in [1.165, 1.54) is 5.56 Å². The van der Waals surface area contributed by atoms with Crippen molar-refractivity contribution in [1.82, 2.24) is 4.57 Å². The van der Waals surface area contributed by atoms with Crippen molar-refractivity contribution in [2.24, 2.45) is 0 Å². The number of allylic oxidation sites excluding steroid dienone is 1. The first-order chi connectivity index (χ1) is 14.5. The summed E-state index contributed by atoms with van der Waals surface area (Å²) < 4.78 is 2.29. The van der Waals surface area contributed by atoms with E-state index in [1.807, 2.05) is 60.7 Å². The Hall–Kier alpha value is -3.59. The Kier molecular flexibility index (Phi) is 5.53. The quantitative estimate of drug-likeness (QED) is 0.302. The molecule has 0 aliphatic heterocycles. The maximum absolute atomic E-state index is 12.7. The van der Waals surface area contributed by atoms with Gasteiger partial charge in [0.15, 0.2) is 5.78 Å². The van der Waals surface area contributed by atoms with Crippen LogP contribution < -0.4 is 0 Å². The number of hydrogen-bond acceptors (Lipinski definition) is 2. The molecule has 4 rings (SSSR count). The maximum Gasteiger partial charge on any atom is 0.185 e. The monoisotopic (exact) mass is 395 g/mol. The fourth-order valence-electron chi connectivity index (χ4n) is 3.98. The van der Waals surface area contributed by atoms with Crippen LogP contribution in [0.1, 0.15) is 46.9 Å². The van der Waals surface area contributed by atoms with Gasteiger partial charge in [-0.3, -0.25) is 4.79 Å². The Bertz CT molecular complexity index is 1200. The van der Waals surface area contributed by atoms with E-state index in [-0.39, 0.29) is 17.5 Å². The van der Waals surface area contributed by atoms with Crippen LogP contribution in [0, 0.1) is 0 Å². The van der Waals surface area contributed by atoms with Gasteiger partial charge in [0.25, 0.3) is 0 Å². The highest BCUT2D eigenvalue weighted by Crippen LogP contribution is 2.35. The molecule has 0 aliphatic carbocycles. The Labute approximate surface area is 176 Å². The number of nitrogens with zero attached hydrogens (tertiary/aromatic N) is 1. The third-order valence-corrected chi connectivity index (χ3v) is 5.32. The molecule has 4 aromatic rings. The Morgan fingerprint density at radius 2 is 1.63 bits per heavy atom. The number of carbonyl (C=O) groups is 1. The minimum atomic E-state index is -0.0329. The summed E-state index contributed by atoms with van der Waals surface area (Å²) >= 11 is 0. The van der Waals surface area contributed by atoms with Crippen molar-refractivity contribution in [3.05, 3.63) is 107 Å². The highest BCUT2D eigenvalue weighted by Gasteiger charge is 2.19. The lowest BCUT2D eigenvalue weighted by molar-refractivity contribution is 0.104. The number of benzene rings is 3. The molecule has 0 unspecified atom stereocenters. The number of rotatable bonds is 6. The summed E-state index contributed by atoms with van der Waals surface area (Å²) in [5.74, 6) is 0.433. The maximum atomic E-state index is 12.7. The van der Waals surface area contributed by atoms with Gasteiger partial charge in [0, 0.05) is 34.3 Å². The molecule has 0 bridgehead atoms. The first-order valence-electron chi connectivity index (χ1n) is 10.2. The van der Waals surface area contributed by atoms with Crippen LogP contribution in [0.4, 0.5) is 0 Å². The Balaban J connectivity index is 1.85. The van der Waals surface area contributed by atoms with E-state index in [1.54, 1.807) is 18.2 Å². The second-order valence-corrected chi connectivity index (χ2v) is 7.79. The molecule has 0 fully saturated rings. The predicted octanol–water partition coefficient (Wildman–Crippen LogP) is 6.41. The number of carbonyl (C=O) groups excluding carboxylic acids is 1. The molecule has 3 nitrogen and oxygen atoms in total. The number of hydrogen-bond donors (Lipinski definition) is 1. The summed E-state index contributed by atoms with van der Waals surface area (Å²) in [6, 6.07) is 25.1. The van der Waals surface area contributed by atoms with Gasteiger partial charge in [0.1, 0.15) is 5.75 Å². The first kappa shape index (κ1) is 19.7. The molecule has 1 N–H and O–H groups in total. The van der Waals surface area contributed by atoms with Gasteiger partial charge >= 0.3 is 0 Å². The molecule has 0 radical (unpaired) electrons. The predicted molar refractivity (Wildman–Crippen MR) is 123 cm³/mol. The summed E-state index contributed by atoms with van der Waals surface area (Å²) in [4.78, 5) is 12.7. The van der Waals surface area contributed by atoms with E-state index in [0.717, 1.165) is 28.7 Å². The summed E-state index contributed by atoms with van der Waals surface area (Å²) in [6.07, 6.45) is 3.53. The molecule has 0 spiro atoms. The first-order valence-corrected chi connectivity index (χ1v) is 10.2. The van der Waals surface area contributed by atoms with Gasteiger partial charge in [-0.2, -0.15) is 0 Å². The third-order valence-electron chi connectivity index (χ3n) is 5.32. The highest BCUT2D eigenvalue weighted by atomic mass is 16.3. The van der Waals surface area contributed by atoms with E-state index >= 15 is 0 Å². The summed E-state index contributed by atoms with van der Waals surface area (Å²) in [7, 11) is 0. The van der Waals surface area contributed by atoms with E-state index in [2.05, 4.69) is 30.5 Å². The molecule has 3 aromatic carbocycles. The van der Waals surface area contributed by atoms with Crippen LogP contribution in [-0.4, -0.2) is 15.5 Å². The standard InChI is InChI=1S/C27H25NO2/c1-19(2)27-23(14-16-26(30)21-11-7-4-8-12-21)24-17-22(29)13-15-25(24)28(27)18-20-9-5-3-6-10-20/h3-17,19,29H,18H2,1-2H3. The smallest absolute Gasteiger partial charge is 0.185 e. The number of fused-ring (bicyclic) bond motifs is 1. The van der Waals surface area contributed by atoms with Gasteiger partial charge in [-0.15, -0.1) is 0 Å². The molecule has 150 valence electrons. The number of phenolic OH excluding ortho intramolecular Hbond substituents is 1. The minimum absolute atomic E-state index is 0.0329. The molecule has 30 heavy (non-hydrogen) atoms. The van der Waals surface area contributed by atoms with Crippen LogP contribution in [0.3, 0.4) is 0 Å². The molecule has 3 heteroatoms. The van der Waals surface area contributed by atoms with Crippen LogP contribution in [0.2, 0.25) is 0 Å². The van der Waals surface area contributed by atoms with Gasteiger partial charge in [-0.05, 0) is 41.8 Å². The van der Waals surface area contributed by atoms with Crippen molar-refractivity contribution in [3.63, 3.8) is 0 Å². The summed E-state index contributed by atoms with van der Waals surface area (Å²) in [6.45, 7) is 5.05. The Morgan fingerprint density at radius 1 is 0.967 bits per heavy atom. The summed E-state index contributed by atoms with van der Waals surface area (Å²) in [5, 5.41) is 11.1. The topological polar surface area (TPSA) is 42.2 Å². The van der Waals surface area contributed by atoms with E-state index in [4.69, 9.17) is 0 Å². The Morgan fingerprint density at radius 3 is 2.30 bits per heavy atom. The van der Waals surface area contributed by atoms with Gasteiger partial charge in [-0.1, -0.05) is 74.5 Å². The van der Waals surface area contributed by atoms with Gasteiger partial charge in [0.05, 0.1) is 0 Å². The van der Waals surface area contributed by atoms with E-state index < -0.39 is 0 Å². The van der Waals surface area contributed by atoms with Crippen molar-refractivity contribution >= 4 is 22.8 Å². The second kappa shape index (κ2) is 8.42. The number of aromatic hydroxyl groups is 1. The molecule has 1 heterocycles. The van der Waals surface area contributed by atoms with E-state index in [0.29, 0.717) is 5.56 Å². The normalized spacial score (nSPS) is 11.6. The highest BCUT2D eigenvalue weighted by molar-refractivity contribution is 6.08. The molecule has 1 aromatic heterocycles. The van der Waals surface area contributed by atoms with Crippen LogP contribution in [0.15, 0.2) is 84.9 Å². The minimum Gasteiger partial charge on any atom is -0.508 e. The lowest BCUT2D eigenvalue weighted by Gasteiger charge is -2.15. The van der Waals surface area contributed by atoms with E-state index in [9.17, 15) is 9.90 Å². The van der Waals surface area contributed by atoms with Crippen molar-refractivity contribution in [3.8, 4) is 5.75 Å². The van der Waals surface area contributed by atoms with Crippen molar-refractivity contribution in [2.45, 2.75) is 26.3 Å². The molecular weight excluding hydrogens is 370 g/mol. The van der Waals surface area contributed by atoms with Crippen LogP contribution in [0.25, 0.3) is 17.0 Å². The third kappa shape index (κ3) is 3.92. The molecule has 0 saturated heterocycles.